The number of rotatable bonds is 6. The number of carbonyl (C=O) groups is 1. The summed E-state index contributed by atoms with van der Waals surface area (Å²) < 4.78 is 23.9. The second-order valence-electron chi connectivity index (χ2n) is 5.06. The molecule has 0 atom stereocenters. The van der Waals surface area contributed by atoms with Crippen LogP contribution in [0.4, 0.5) is 0 Å². The zero-order valence-corrected chi connectivity index (χ0v) is 12.9. The molecule has 1 N–H and O–H groups in total. The SMILES string of the molecule is CCCCNC(=O)C1(S(=O)(=O)c2ccc(Cl)cc2)CC1. The monoisotopic (exact) mass is 315 g/mol. The summed E-state index contributed by atoms with van der Waals surface area (Å²) in [5.74, 6) is -0.374. The minimum atomic E-state index is -3.65. The number of unbranched alkanes of at least 4 members (excludes halogenated alkanes) is 1. The van der Waals surface area contributed by atoms with Crippen molar-refractivity contribution in [3.05, 3.63) is 29.3 Å². The van der Waals surface area contributed by atoms with Gasteiger partial charge in [-0.2, -0.15) is 0 Å². The van der Waals surface area contributed by atoms with Crippen molar-refractivity contribution in [2.45, 2.75) is 42.2 Å². The van der Waals surface area contributed by atoms with Crippen LogP contribution in [0.15, 0.2) is 29.2 Å². The Kier molecular flexibility index (Phi) is 4.39. The summed E-state index contributed by atoms with van der Waals surface area (Å²) in [4.78, 5) is 12.3. The Morgan fingerprint density at radius 2 is 1.90 bits per heavy atom. The van der Waals surface area contributed by atoms with Crippen molar-refractivity contribution in [3.63, 3.8) is 0 Å². The van der Waals surface area contributed by atoms with Crippen LogP contribution in [0.2, 0.25) is 5.02 Å². The van der Waals surface area contributed by atoms with Gasteiger partial charge in [-0.05, 0) is 43.5 Å². The molecular weight excluding hydrogens is 298 g/mol. The number of nitrogens with one attached hydrogen (secondary N) is 1. The van der Waals surface area contributed by atoms with E-state index in [1.807, 2.05) is 6.92 Å². The number of halogens is 1. The van der Waals surface area contributed by atoms with E-state index in [1.165, 1.54) is 24.3 Å². The molecule has 0 spiro atoms. The Balaban J connectivity index is 2.20. The van der Waals surface area contributed by atoms with Crippen LogP contribution in [-0.2, 0) is 14.6 Å². The highest BCUT2D eigenvalue weighted by Gasteiger charge is 2.60. The maximum atomic E-state index is 12.6. The zero-order valence-electron chi connectivity index (χ0n) is 11.4. The summed E-state index contributed by atoms with van der Waals surface area (Å²) in [5, 5.41) is 3.20. The zero-order chi connectivity index (χ0) is 14.8. The van der Waals surface area contributed by atoms with Crippen LogP contribution in [0.1, 0.15) is 32.6 Å². The van der Waals surface area contributed by atoms with Gasteiger partial charge in [-0.1, -0.05) is 24.9 Å². The Morgan fingerprint density at radius 3 is 2.40 bits per heavy atom. The molecule has 0 aromatic heterocycles. The van der Waals surface area contributed by atoms with Gasteiger partial charge < -0.3 is 5.32 Å². The van der Waals surface area contributed by atoms with Gasteiger partial charge in [0.1, 0.15) is 0 Å². The van der Waals surface area contributed by atoms with Crippen molar-refractivity contribution in [3.8, 4) is 0 Å². The van der Waals surface area contributed by atoms with Crippen LogP contribution in [0, 0.1) is 0 Å². The van der Waals surface area contributed by atoms with E-state index in [0.29, 0.717) is 24.4 Å². The fourth-order valence-corrected chi connectivity index (χ4v) is 4.14. The summed E-state index contributed by atoms with van der Waals surface area (Å²) in [6.45, 7) is 2.54. The van der Waals surface area contributed by atoms with Gasteiger partial charge in [0.05, 0.1) is 4.90 Å². The molecule has 0 saturated heterocycles. The van der Waals surface area contributed by atoms with Crippen LogP contribution in [0.25, 0.3) is 0 Å². The highest BCUT2D eigenvalue weighted by molar-refractivity contribution is 7.94. The van der Waals surface area contributed by atoms with Crippen molar-refractivity contribution in [1.29, 1.82) is 0 Å². The lowest BCUT2D eigenvalue weighted by molar-refractivity contribution is -0.121. The van der Waals surface area contributed by atoms with Crippen LogP contribution in [-0.4, -0.2) is 25.6 Å². The first-order valence-corrected chi connectivity index (χ1v) is 8.58. The summed E-state index contributed by atoms with van der Waals surface area (Å²) in [7, 11) is -3.65. The predicted molar refractivity (Wildman–Crippen MR) is 78.5 cm³/mol. The minimum Gasteiger partial charge on any atom is -0.355 e. The third-order valence-corrected chi connectivity index (χ3v) is 6.34. The lowest BCUT2D eigenvalue weighted by Crippen LogP contribution is -2.42. The van der Waals surface area contributed by atoms with Crippen molar-refractivity contribution in [2.24, 2.45) is 0 Å². The van der Waals surface area contributed by atoms with Gasteiger partial charge in [0, 0.05) is 11.6 Å². The Bertz CT molecular complexity index is 591. The topological polar surface area (TPSA) is 63.2 Å². The fourth-order valence-electron chi connectivity index (χ4n) is 2.11. The molecule has 1 aromatic carbocycles. The van der Waals surface area contributed by atoms with Crippen LogP contribution in [0.3, 0.4) is 0 Å². The van der Waals surface area contributed by atoms with Crippen molar-refractivity contribution in [2.75, 3.05) is 6.54 Å². The smallest absolute Gasteiger partial charge is 0.241 e. The molecular formula is C14H18ClNO3S. The van der Waals surface area contributed by atoms with E-state index >= 15 is 0 Å². The predicted octanol–water partition coefficient (Wildman–Crippen LogP) is 2.56. The third kappa shape index (κ3) is 2.69. The molecule has 6 heteroatoms. The van der Waals surface area contributed by atoms with Gasteiger partial charge in [-0.3, -0.25) is 4.79 Å². The largest absolute Gasteiger partial charge is 0.355 e. The number of amides is 1. The molecule has 110 valence electrons. The molecule has 1 aliphatic carbocycles. The van der Waals surface area contributed by atoms with E-state index in [1.54, 1.807) is 0 Å². The molecule has 4 nitrogen and oxygen atoms in total. The fraction of sp³-hybridized carbons (Fsp3) is 0.500. The number of hydrogen-bond acceptors (Lipinski definition) is 3. The standard InChI is InChI=1S/C14H18ClNO3S/c1-2-3-10-16-13(17)14(8-9-14)20(18,19)12-6-4-11(15)5-7-12/h4-7H,2-3,8-10H2,1H3,(H,16,17). The average Bonchev–Trinajstić information content (AvgIpc) is 3.21. The molecule has 1 saturated carbocycles. The van der Waals surface area contributed by atoms with Gasteiger partial charge in [0.2, 0.25) is 5.91 Å². The average molecular weight is 316 g/mol. The third-order valence-electron chi connectivity index (χ3n) is 3.57. The molecule has 0 heterocycles. The van der Waals surface area contributed by atoms with Crippen LogP contribution >= 0.6 is 11.6 Å². The molecule has 1 fully saturated rings. The van der Waals surface area contributed by atoms with Gasteiger partial charge in [0.15, 0.2) is 14.6 Å². The molecule has 2 rings (SSSR count). The summed E-state index contributed by atoms with van der Waals surface area (Å²) in [5.41, 5.74) is 0. The first-order valence-electron chi connectivity index (χ1n) is 6.72. The number of benzene rings is 1. The normalized spacial score (nSPS) is 16.7. The Labute approximate surface area is 124 Å². The van der Waals surface area contributed by atoms with Gasteiger partial charge in [0.25, 0.3) is 0 Å². The number of hydrogen-bond donors (Lipinski definition) is 1. The Morgan fingerprint density at radius 1 is 1.30 bits per heavy atom. The van der Waals surface area contributed by atoms with Crippen LogP contribution in [0.5, 0.6) is 0 Å². The minimum absolute atomic E-state index is 0.157. The highest BCUT2D eigenvalue weighted by Crippen LogP contribution is 2.47. The van der Waals surface area contributed by atoms with Crippen LogP contribution < -0.4 is 5.32 Å². The molecule has 1 aliphatic rings. The first kappa shape index (κ1) is 15.3. The maximum Gasteiger partial charge on any atom is 0.241 e. The van der Waals surface area contributed by atoms with Crippen molar-refractivity contribution >= 4 is 27.3 Å². The number of carbonyl (C=O) groups excluding carboxylic acids is 1. The maximum absolute atomic E-state index is 12.6. The number of sulfone groups is 1. The van der Waals surface area contributed by atoms with Gasteiger partial charge >= 0.3 is 0 Å². The van der Waals surface area contributed by atoms with Gasteiger partial charge in [-0.25, -0.2) is 8.42 Å². The van der Waals surface area contributed by atoms with Crippen molar-refractivity contribution in [1.82, 2.24) is 5.32 Å². The molecule has 20 heavy (non-hydrogen) atoms. The lowest BCUT2D eigenvalue weighted by atomic mass is 10.3. The first-order chi connectivity index (χ1) is 9.44. The molecule has 0 aliphatic heterocycles. The quantitative estimate of drug-likeness (QED) is 0.821. The van der Waals surface area contributed by atoms with E-state index in [2.05, 4.69) is 5.32 Å². The Hall–Kier alpha value is -1.07. The molecule has 0 bridgehead atoms. The summed E-state index contributed by atoms with van der Waals surface area (Å²) in [6.07, 6.45) is 2.58. The van der Waals surface area contributed by atoms with E-state index in [0.717, 1.165) is 12.8 Å². The summed E-state index contributed by atoms with van der Waals surface area (Å²) >= 11 is 5.76. The second-order valence-corrected chi connectivity index (χ2v) is 7.76. The van der Waals surface area contributed by atoms with E-state index in [-0.39, 0.29) is 10.8 Å². The van der Waals surface area contributed by atoms with E-state index < -0.39 is 14.6 Å². The van der Waals surface area contributed by atoms with E-state index in [9.17, 15) is 13.2 Å². The summed E-state index contributed by atoms with van der Waals surface area (Å²) in [6, 6.07) is 5.97. The molecule has 1 amide bonds. The molecule has 0 radical (unpaired) electrons. The van der Waals surface area contributed by atoms with E-state index in [4.69, 9.17) is 11.6 Å². The van der Waals surface area contributed by atoms with Crippen molar-refractivity contribution < 1.29 is 13.2 Å². The van der Waals surface area contributed by atoms with Gasteiger partial charge in [-0.15, -0.1) is 0 Å². The lowest BCUT2D eigenvalue weighted by Gasteiger charge is -2.16. The molecule has 1 aromatic rings. The highest BCUT2D eigenvalue weighted by atomic mass is 35.5. The molecule has 0 unspecified atom stereocenters. The second kappa shape index (κ2) is 5.74.